The predicted octanol–water partition coefficient (Wildman–Crippen LogP) is 2.85. The minimum atomic E-state index is 0.436. The Morgan fingerprint density at radius 3 is 2.35 bits per heavy atom. The Kier molecular flexibility index (Phi) is 4.67. The average molecular weight is 348 g/mol. The number of benzene rings is 1. The smallest absolute Gasteiger partial charge is 0.158 e. The maximum Gasteiger partial charge on any atom is 0.158 e. The highest BCUT2D eigenvalue weighted by Crippen LogP contribution is 2.23. The zero-order valence-corrected chi connectivity index (χ0v) is 15.3. The minimum Gasteiger partial charge on any atom is -0.354 e. The van der Waals surface area contributed by atoms with Crippen molar-refractivity contribution in [1.29, 1.82) is 0 Å². The number of aromatic nitrogens is 4. The monoisotopic (exact) mass is 348 g/mol. The Morgan fingerprint density at radius 2 is 1.65 bits per heavy atom. The van der Waals surface area contributed by atoms with Crippen molar-refractivity contribution in [3.8, 4) is 5.82 Å². The quantitative estimate of drug-likeness (QED) is 0.726. The van der Waals surface area contributed by atoms with Gasteiger partial charge in [-0.05, 0) is 25.5 Å². The van der Waals surface area contributed by atoms with Crippen LogP contribution >= 0.6 is 0 Å². The average Bonchev–Trinajstić information content (AvgIpc) is 3.15. The van der Waals surface area contributed by atoms with Crippen LogP contribution in [0, 0.1) is 6.92 Å². The molecule has 3 aromatic rings. The summed E-state index contributed by atoms with van der Waals surface area (Å²) in [5.74, 6) is 1.78. The van der Waals surface area contributed by atoms with E-state index in [0.717, 1.165) is 43.5 Å². The van der Waals surface area contributed by atoms with Gasteiger partial charge in [-0.25, -0.2) is 14.6 Å². The third kappa shape index (κ3) is 3.46. The molecule has 0 N–H and O–H groups in total. The Hall–Kier alpha value is -2.73. The van der Waals surface area contributed by atoms with Crippen molar-refractivity contribution >= 4 is 5.82 Å². The summed E-state index contributed by atoms with van der Waals surface area (Å²) in [6.45, 7) is 8.24. The second-order valence-corrected chi connectivity index (χ2v) is 6.75. The summed E-state index contributed by atoms with van der Waals surface area (Å²) in [6, 6.07) is 15.1. The van der Waals surface area contributed by atoms with Crippen molar-refractivity contribution in [2.75, 3.05) is 31.1 Å². The Balaban J connectivity index is 1.43. The molecule has 0 saturated carbocycles. The van der Waals surface area contributed by atoms with Gasteiger partial charge >= 0.3 is 0 Å². The standard InChI is InChI=1S/C20H24N6/c1-16-8-9-26(23-16)20-14-19(21-15-22-20)25-12-10-24(11-13-25)17(2)18-6-4-3-5-7-18/h3-9,14-15,17H,10-13H2,1-2H3. The van der Waals surface area contributed by atoms with Crippen molar-refractivity contribution in [2.45, 2.75) is 19.9 Å². The number of hydrogen-bond donors (Lipinski definition) is 0. The van der Waals surface area contributed by atoms with Gasteiger partial charge in [-0.15, -0.1) is 0 Å². The van der Waals surface area contributed by atoms with Crippen LogP contribution in [0.2, 0.25) is 0 Å². The molecule has 0 amide bonds. The molecule has 1 fully saturated rings. The van der Waals surface area contributed by atoms with Crippen LogP contribution in [-0.2, 0) is 0 Å². The zero-order valence-electron chi connectivity index (χ0n) is 15.3. The van der Waals surface area contributed by atoms with Crippen molar-refractivity contribution < 1.29 is 0 Å². The van der Waals surface area contributed by atoms with E-state index in [1.165, 1.54) is 5.56 Å². The number of hydrogen-bond acceptors (Lipinski definition) is 5. The molecule has 4 rings (SSSR count). The lowest BCUT2D eigenvalue weighted by Gasteiger charge is -2.38. The van der Waals surface area contributed by atoms with Crippen LogP contribution in [0.5, 0.6) is 0 Å². The molecule has 6 nitrogen and oxygen atoms in total. The number of rotatable bonds is 4. The first-order valence-corrected chi connectivity index (χ1v) is 9.09. The van der Waals surface area contributed by atoms with E-state index in [0.29, 0.717) is 6.04 Å². The van der Waals surface area contributed by atoms with E-state index in [4.69, 9.17) is 0 Å². The molecule has 1 aliphatic heterocycles. The lowest BCUT2D eigenvalue weighted by molar-refractivity contribution is 0.198. The van der Waals surface area contributed by atoms with Crippen molar-refractivity contribution in [2.24, 2.45) is 0 Å². The van der Waals surface area contributed by atoms with Gasteiger partial charge in [-0.1, -0.05) is 30.3 Å². The first kappa shape index (κ1) is 16.7. The van der Waals surface area contributed by atoms with Gasteiger partial charge in [0.2, 0.25) is 0 Å². The van der Waals surface area contributed by atoms with E-state index >= 15 is 0 Å². The molecule has 26 heavy (non-hydrogen) atoms. The summed E-state index contributed by atoms with van der Waals surface area (Å²) < 4.78 is 1.80. The first-order chi connectivity index (χ1) is 12.7. The van der Waals surface area contributed by atoms with Gasteiger partial charge in [0.15, 0.2) is 5.82 Å². The zero-order chi connectivity index (χ0) is 17.9. The fourth-order valence-electron chi connectivity index (χ4n) is 3.46. The summed E-state index contributed by atoms with van der Waals surface area (Å²) in [5.41, 5.74) is 2.35. The predicted molar refractivity (Wildman–Crippen MR) is 103 cm³/mol. The molecular formula is C20H24N6. The molecule has 1 atom stereocenters. The highest BCUT2D eigenvalue weighted by Gasteiger charge is 2.23. The van der Waals surface area contributed by atoms with Crippen molar-refractivity contribution in [1.82, 2.24) is 24.6 Å². The lowest BCUT2D eigenvalue weighted by atomic mass is 10.1. The molecule has 1 aromatic carbocycles. The third-order valence-electron chi connectivity index (χ3n) is 5.06. The normalized spacial score (nSPS) is 16.6. The van der Waals surface area contributed by atoms with Crippen molar-refractivity contribution in [3.05, 3.63) is 66.2 Å². The maximum absolute atomic E-state index is 4.48. The van der Waals surface area contributed by atoms with Gasteiger partial charge in [0, 0.05) is 44.5 Å². The van der Waals surface area contributed by atoms with Gasteiger partial charge < -0.3 is 4.90 Å². The molecule has 3 heterocycles. The number of anilines is 1. The topological polar surface area (TPSA) is 50.1 Å². The Bertz CT molecular complexity index is 852. The fourth-order valence-corrected chi connectivity index (χ4v) is 3.46. The third-order valence-corrected chi connectivity index (χ3v) is 5.06. The molecular weight excluding hydrogens is 324 g/mol. The largest absolute Gasteiger partial charge is 0.354 e. The van der Waals surface area contributed by atoms with Crippen LogP contribution < -0.4 is 4.90 Å². The van der Waals surface area contributed by atoms with Gasteiger partial charge in [-0.3, -0.25) is 4.90 Å². The summed E-state index contributed by atoms with van der Waals surface area (Å²) in [7, 11) is 0. The van der Waals surface area contributed by atoms with Crippen molar-refractivity contribution in [3.63, 3.8) is 0 Å². The van der Waals surface area contributed by atoms with E-state index in [9.17, 15) is 0 Å². The van der Waals surface area contributed by atoms with Crippen LogP contribution in [0.25, 0.3) is 5.82 Å². The molecule has 134 valence electrons. The maximum atomic E-state index is 4.48. The molecule has 1 aliphatic rings. The number of nitrogens with zero attached hydrogens (tertiary/aromatic N) is 6. The highest BCUT2D eigenvalue weighted by atomic mass is 15.3. The van der Waals surface area contributed by atoms with Crippen LogP contribution in [0.1, 0.15) is 24.2 Å². The van der Waals surface area contributed by atoms with E-state index in [2.05, 4.69) is 62.1 Å². The van der Waals surface area contributed by atoms with E-state index in [1.807, 2.05) is 25.3 Å². The molecule has 0 aliphatic carbocycles. The molecule has 6 heteroatoms. The van der Waals surface area contributed by atoms with Crippen LogP contribution in [0.15, 0.2) is 55.0 Å². The van der Waals surface area contributed by atoms with E-state index in [1.54, 1.807) is 11.0 Å². The Labute approximate surface area is 154 Å². The SMILES string of the molecule is Cc1ccn(-c2cc(N3CCN(C(C)c4ccccc4)CC3)ncn2)n1. The summed E-state index contributed by atoms with van der Waals surface area (Å²) in [5, 5.41) is 4.44. The van der Waals surface area contributed by atoms with Crippen LogP contribution in [-0.4, -0.2) is 50.8 Å². The molecule has 0 spiro atoms. The van der Waals surface area contributed by atoms with Crippen LogP contribution in [0.3, 0.4) is 0 Å². The van der Waals surface area contributed by atoms with Gasteiger partial charge in [0.1, 0.15) is 12.1 Å². The summed E-state index contributed by atoms with van der Waals surface area (Å²) >= 11 is 0. The highest BCUT2D eigenvalue weighted by molar-refractivity contribution is 5.43. The fraction of sp³-hybridized carbons (Fsp3) is 0.350. The van der Waals surface area contributed by atoms with Gasteiger partial charge in [-0.2, -0.15) is 5.10 Å². The minimum absolute atomic E-state index is 0.436. The second-order valence-electron chi connectivity index (χ2n) is 6.75. The molecule has 1 unspecified atom stereocenters. The lowest BCUT2D eigenvalue weighted by Crippen LogP contribution is -2.47. The second kappa shape index (κ2) is 7.25. The number of aryl methyl sites for hydroxylation is 1. The van der Waals surface area contributed by atoms with Gasteiger partial charge in [0.25, 0.3) is 0 Å². The van der Waals surface area contributed by atoms with Crippen LogP contribution in [0.4, 0.5) is 5.82 Å². The molecule has 2 aromatic heterocycles. The summed E-state index contributed by atoms with van der Waals surface area (Å²) in [4.78, 5) is 13.7. The molecule has 0 bridgehead atoms. The van der Waals surface area contributed by atoms with Gasteiger partial charge in [0.05, 0.1) is 5.69 Å². The number of piperazine rings is 1. The molecule has 1 saturated heterocycles. The first-order valence-electron chi connectivity index (χ1n) is 9.09. The summed E-state index contributed by atoms with van der Waals surface area (Å²) in [6.07, 6.45) is 3.56. The van der Waals surface area contributed by atoms with E-state index in [-0.39, 0.29) is 0 Å². The molecule has 0 radical (unpaired) electrons. The Morgan fingerprint density at radius 1 is 0.923 bits per heavy atom. The van der Waals surface area contributed by atoms with E-state index < -0.39 is 0 Å².